The zero-order valence-corrected chi connectivity index (χ0v) is 27.6. The maximum absolute atomic E-state index is 10.3. The van der Waals surface area contributed by atoms with Crippen LogP contribution in [0.2, 0.25) is 0 Å². The fraction of sp³-hybridized carbons (Fsp3) is 0.450. The van der Waals surface area contributed by atoms with Crippen molar-refractivity contribution in [2.45, 2.75) is 101 Å². The van der Waals surface area contributed by atoms with E-state index in [-0.39, 0.29) is 11.5 Å². The van der Waals surface area contributed by atoms with Crippen molar-refractivity contribution >= 4 is 0 Å². The lowest BCUT2D eigenvalue weighted by molar-refractivity contribution is 0.163. The first-order valence-electron chi connectivity index (χ1n) is 15.4. The Bertz CT molecular complexity index is 1240. The third kappa shape index (κ3) is 11.5. The van der Waals surface area contributed by atoms with Crippen LogP contribution in [0.1, 0.15) is 94.9 Å². The van der Waals surface area contributed by atoms with Crippen LogP contribution in [-0.4, -0.2) is 11.2 Å². The van der Waals surface area contributed by atoms with E-state index in [1.807, 2.05) is 0 Å². The van der Waals surface area contributed by atoms with Crippen molar-refractivity contribution in [3.8, 4) is 0 Å². The Morgan fingerprint density at radius 1 is 0.732 bits per heavy atom. The lowest BCUT2D eigenvalue weighted by atomic mass is 9.68. The van der Waals surface area contributed by atoms with Gasteiger partial charge in [0.05, 0.1) is 6.10 Å². The highest BCUT2D eigenvalue weighted by Gasteiger charge is 2.31. The predicted molar refractivity (Wildman–Crippen MR) is 183 cm³/mol. The molecular formula is C40H56O. The van der Waals surface area contributed by atoms with E-state index in [9.17, 15) is 5.11 Å². The third-order valence-corrected chi connectivity index (χ3v) is 8.61. The number of allylic oxidation sites excluding steroid dienone is 21. The van der Waals surface area contributed by atoms with E-state index in [2.05, 4.69) is 160 Å². The summed E-state index contributed by atoms with van der Waals surface area (Å²) in [6.07, 6.45) is 36.7. The predicted octanol–water partition coefficient (Wildman–Crippen LogP) is 11.4. The van der Waals surface area contributed by atoms with Crippen molar-refractivity contribution in [3.05, 3.63) is 130 Å². The molecule has 2 rings (SSSR count). The Balaban J connectivity index is 1.89. The van der Waals surface area contributed by atoms with Crippen LogP contribution in [-0.2, 0) is 0 Å². The average molecular weight is 553 g/mol. The van der Waals surface area contributed by atoms with Crippen LogP contribution in [0.5, 0.6) is 0 Å². The van der Waals surface area contributed by atoms with Gasteiger partial charge in [0.1, 0.15) is 0 Å². The second-order valence-corrected chi connectivity index (χ2v) is 13.4. The summed E-state index contributed by atoms with van der Waals surface area (Å²) in [5.74, 6) is 0.524. The van der Waals surface area contributed by atoms with Crippen LogP contribution in [0.4, 0.5) is 0 Å². The summed E-state index contributed by atoms with van der Waals surface area (Å²) in [5, 5.41) is 10.3. The van der Waals surface area contributed by atoms with Gasteiger partial charge in [0, 0.05) is 5.92 Å². The molecule has 2 aliphatic carbocycles. The minimum atomic E-state index is -0.308. The summed E-state index contributed by atoms with van der Waals surface area (Å²) in [6.45, 7) is 22.2. The SMILES string of the molecule is CC1=CCCC(C)(C)[C@@H]1/C=C/C(C)=C/C=C/C(C)=C/C=C/C=C(C)/C=C/C=C(C)/C=C/C1=C(C)[C@@H](O)CCC1(C)C. The number of hydrogen-bond acceptors (Lipinski definition) is 1. The molecule has 2 atom stereocenters. The Labute approximate surface area is 252 Å². The monoisotopic (exact) mass is 552 g/mol. The second-order valence-electron chi connectivity index (χ2n) is 13.4. The Kier molecular flexibility index (Phi) is 13.3. The summed E-state index contributed by atoms with van der Waals surface area (Å²) < 4.78 is 0. The van der Waals surface area contributed by atoms with Crippen LogP contribution < -0.4 is 0 Å². The molecule has 1 N–H and O–H groups in total. The molecule has 0 saturated carbocycles. The molecule has 1 nitrogen and oxygen atoms in total. The molecule has 0 aromatic carbocycles. The highest BCUT2D eigenvalue weighted by molar-refractivity contribution is 5.39. The first-order chi connectivity index (χ1) is 19.2. The fourth-order valence-electron chi connectivity index (χ4n) is 5.70. The van der Waals surface area contributed by atoms with Gasteiger partial charge in [0.2, 0.25) is 0 Å². The molecule has 0 unspecified atom stereocenters. The molecule has 0 amide bonds. The lowest BCUT2D eigenvalue weighted by Gasteiger charge is -2.36. The van der Waals surface area contributed by atoms with E-state index in [0.717, 1.165) is 18.4 Å². The first-order valence-corrected chi connectivity index (χ1v) is 15.4. The third-order valence-electron chi connectivity index (χ3n) is 8.61. The van der Waals surface area contributed by atoms with E-state index in [0.29, 0.717) is 11.3 Å². The molecule has 0 saturated heterocycles. The summed E-state index contributed by atoms with van der Waals surface area (Å²) in [6, 6.07) is 0. The largest absolute Gasteiger partial charge is 0.389 e. The van der Waals surface area contributed by atoms with Gasteiger partial charge in [-0.05, 0) is 89.2 Å². The van der Waals surface area contributed by atoms with Crippen LogP contribution in [0.3, 0.4) is 0 Å². The van der Waals surface area contributed by atoms with E-state index in [4.69, 9.17) is 0 Å². The Morgan fingerprint density at radius 2 is 1.24 bits per heavy atom. The van der Waals surface area contributed by atoms with Crippen molar-refractivity contribution in [2.75, 3.05) is 0 Å². The molecule has 222 valence electrons. The van der Waals surface area contributed by atoms with Gasteiger partial charge in [-0.2, -0.15) is 0 Å². The highest BCUT2D eigenvalue weighted by Crippen LogP contribution is 2.42. The van der Waals surface area contributed by atoms with Gasteiger partial charge in [-0.1, -0.05) is 147 Å². The number of rotatable bonds is 10. The summed E-state index contributed by atoms with van der Waals surface area (Å²) in [7, 11) is 0. The van der Waals surface area contributed by atoms with Crippen LogP contribution in [0.15, 0.2) is 130 Å². The van der Waals surface area contributed by atoms with E-state index in [1.54, 1.807) is 0 Å². The molecule has 0 spiro atoms. The fourth-order valence-corrected chi connectivity index (χ4v) is 5.70. The Morgan fingerprint density at radius 3 is 1.80 bits per heavy atom. The first kappa shape index (κ1) is 34.3. The summed E-state index contributed by atoms with van der Waals surface area (Å²) >= 11 is 0. The van der Waals surface area contributed by atoms with Gasteiger partial charge < -0.3 is 5.11 Å². The summed E-state index contributed by atoms with van der Waals surface area (Å²) in [4.78, 5) is 0. The zero-order chi connectivity index (χ0) is 30.6. The topological polar surface area (TPSA) is 20.2 Å². The molecule has 0 radical (unpaired) electrons. The van der Waals surface area contributed by atoms with E-state index in [1.165, 1.54) is 46.3 Å². The molecule has 0 bridgehead atoms. The molecule has 1 heteroatoms. The maximum Gasteiger partial charge on any atom is 0.0753 e. The number of hydrogen-bond donors (Lipinski definition) is 1. The molecule has 0 aromatic heterocycles. The number of aliphatic hydroxyl groups is 1. The van der Waals surface area contributed by atoms with Crippen molar-refractivity contribution in [2.24, 2.45) is 16.7 Å². The molecule has 0 heterocycles. The zero-order valence-electron chi connectivity index (χ0n) is 27.6. The molecule has 0 aliphatic heterocycles. The van der Waals surface area contributed by atoms with Gasteiger partial charge in [-0.3, -0.25) is 0 Å². The molecular weight excluding hydrogens is 496 g/mol. The molecule has 0 fully saturated rings. The van der Waals surface area contributed by atoms with Gasteiger partial charge in [-0.25, -0.2) is 0 Å². The lowest BCUT2D eigenvalue weighted by Crippen LogP contribution is -2.27. The van der Waals surface area contributed by atoms with Gasteiger partial charge in [0.25, 0.3) is 0 Å². The van der Waals surface area contributed by atoms with Crippen LogP contribution in [0.25, 0.3) is 0 Å². The van der Waals surface area contributed by atoms with E-state index < -0.39 is 0 Å². The van der Waals surface area contributed by atoms with Crippen LogP contribution in [0, 0.1) is 16.7 Å². The normalized spacial score (nSPS) is 25.1. The molecule has 41 heavy (non-hydrogen) atoms. The molecule has 0 aromatic rings. The van der Waals surface area contributed by atoms with Gasteiger partial charge in [0.15, 0.2) is 0 Å². The second kappa shape index (κ2) is 15.9. The van der Waals surface area contributed by atoms with Crippen molar-refractivity contribution in [1.82, 2.24) is 0 Å². The summed E-state index contributed by atoms with van der Waals surface area (Å²) in [5.41, 5.74) is 9.19. The minimum Gasteiger partial charge on any atom is -0.389 e. The quantitative estimate of drug-likeness (QED) is 0.211. The number of aliphatic hydroxyl groups excluding tert-OH is 1. The smallest absolute Gasteiger partial charge is 0.0753 e. The van der Waals surface area contributed by atoms with Gasteiger partial charge in [-0.15, -0.1) is 0 Å². The highest BCUT2D eigenvalue weighted by atomic mass is 16.3. The van der Waals surface area contributed by atoms with Crippen LogP contribution >= 0.6 is 0 Å². The van der Waals surface area contributed by atoms with Crippen molar-refractivity contribution in [3.63, 3.8) is 0 Å². The van der Waals surface area contributed by atoms with E-state index >= 15 is 0 Å². The Hall–Kier alpha value is -2.90. The standard InChI is InChI=1S/C40H56O/c1-30(18-13-20-32(3)23-25-36-34(5)22-15-28-39(36,7)8)16-11-12-17-31(2)19-14-21-33(4)24-26-37-35(6)38(41)27-29-40(37,9)10/h11-14,16-26,36,38,41H,15,27-29H2,1-10H3/b12-11+,18-13+,19-14+,25-23+,26-24+,30-16+,31-17+,32-20+,33-21+/t36-,38+/m1/s1. The molecule has 2 aliphatic rings. The maximum atomic E-state index is 10.3. The van der Waals surface area contributed by atoms with Gasteiger partial charge >= 0.3 is 0 Å². The average Bonchev–Trinajstić information content (AvgIpc) is 2.88. The van der Waals surface area contributed by atoms with Crippen molar-refractivity contribution in [1.29, 1.82) is 0 Å². The minimum absolute atomic E-state index is 0.111. The van der Waals surface area contributed by atoms with Crippen molar-refractivity contribution < 1.29 is 5.11 Å².